The van der Waals surface area contributed by atoms with Crippen LogP contribution in [0.2, 0.25) is 0 Å². The number of carboxylic acids is 1. The van der Waals surface area contributed by atoms with Crippen LogP contribution in [-0.4, -0.2) is 46.3 Å². The minimum atomic E-state index is -0.939. The van der Waals surface area contributed by atoms with Crippen molar-refractivity contribution in [1.29, 1.82) is 0 Å². The first-order chi connectivity index (χ1) is 7.15. The molecule has 1 aliphatic rings. The lowest BCUT2D eigenvalue weighted by Crippen LogP contribution is -2.13. The van der Waals surface area contributed by atoms with Crippen LogP contribution in [0, 0.1) is 0 Å². The smallest absolute Gasteiger partial charge is 0.311 e. The highest BCUT2D eigenvalue weighted by atomic mass is 16.5. The molecule has 1 atom stereocenters. The molecular weight excluding hydrogens is 198 g/mol. The standard InChI is InChI=1S/C9H13N3O3/c1-12-3-2-6(5-12)9-10-7(11-15-9)4-8(13)14/h6H,2-5H2,1H3,(H,13,14). The molecule has 2 heterocycles. The van der Waals surface area contributed by atoms with Gasteiger partial charge in [0.05, 0.1) is 5.92 Å². The van der Waals surface area contributed by atoms with Crippen molar-refractivity contribution in [3.05, 3.63) is 11.7 Å². The van der Waals surface area contributed by atoms with Gasteiger partial charge >= 0.3 is 5.97 Å². The van der Waals surface area contributed by atoms with Gasteiger partial charge in [-0.1, -0.05) is 5.16 Å². The van der Waals surface area contributed by atoms with E-state index < -0.39 is 5.97 Å². The largest absolute Gasteiger partial charge is 0.481 e. The van der Waals surface area contributed by atoms with Gasteiger partial charge in [-0.3, -0.25) is 4.79 Å². The van der Waals surface area contributed by atoms with Gasteiger partial charge in [0.1, 0.15) is 6.42 Å². The zero-order valence-electron chi connectivity index (χ0n) is 8.51. The van der Waals surface area contributed by atoms with Crippen LogP contribution in [-0.2, 0) is 11.2 Å². The van der Waals surface area contributed by atoms with E-state index in [1.807, 2.05) is 7.05 Å². The van der Waals surface area contributed by atoms with Gasteiger partial charge in [-0.2, -0.15) is 4.98 Å². The van der Waals surface area contributed by atoms with Crippen molar-refractivity contribution in [2.75, 3.05) is 20.1 Å². The molecule has 1 N–H and O–H groups in total. The Hall–Kier alpha value is -1.43. The van der Waals surface area contributed by atoms with Crippen molar-refractivity contribution in [3.63, 3.8) is 0 Å². The molecule has 15 heavy (non-hydrogen) atoms. The number of aliphatic carboxylic acids is 1. The summed E-state index contributed by atoms with van der Waals surface area (Å²) in [7, 11) is 2.04. The number of carbonyl (C=O) groups is 1. The summed E-state index contributed by atoms with van der Waals surface area (Å²) in [5.41, 5.74) is 0. The van der Waals surface area contributed by atoms with Crippen molar-refractivity contribution >= 4 is 5.97 Å². The Morgan fingerprint density at radius 2 is 2.53 bits per heavy atom. The second-order valence-electron chi connectivity index (χ2n) is 3.87. The summed E-state index contributed by atoms with van der Waals surface area (Å²) in [6.07, 6.45) is 0.817. The molecule has 82 valence electrons. The third-order valence-electron chi connectivity index (χ3n) is 2.53. The summed E-state index contributed by atoms with van der Waals surface area (Å²) >= 11 is 0. The predicted octanol–water partition coefficient (Wildman–Crippen LogP) is 0.116. The minimum absolute atomic E-state index is 0.175. The molecule has 0 aliphatic carbocycles. The summed E-state index contributed by atoms with van der Waals surface area (Å²) in [5, 5.41) is 12.2. The quantitative estimate of drug-likeness (QED) is 0.764. The normalized spacial score (nSPS) is 22.1. The molecule has 1 aromatic rings. The number of rotatable bonds is 3. The maximum Gasteiger partial charge on any atom is 0.311 e. The molecule has 1 aromatic heterocycles. The number of likely N-dealkylation sites (N-methyl/N-ethyl adjacent to an activating group) is 1. The van der Waals surface area contributed by atoms with Gasteiger partial charge in [0.2, 0.25) is 5.89 Å². The molecule has 0 radical (unpaired) electrons. The fourth-order valence-electron chi connectivity index (χ4n) is 1.78. The van der Waals surface area contributed by atoms with E-state index in [2.05, 4.69) is 15.0 Å². The van der Waals surface area contributed by atoms with Crippen LogP contribution in [0.4, 0.5) is 0 Å². The number of hydrogen-bond donors (Lipinski definition) is 1. The van der Waals surface area contributed by atoms with E-state index in [4.69, 9.17) is 9.63 Å². The van der Waals surface area contributed by atoms with Crippen molar-refractivity contribution < 1.29 is 14.4 Å². The summed E-state index contributed by atoms with van der Waals surface area (Å²) in [4.78, 5) is 16.7. The third kappa shape index (κ3) is 2.33. The van der Waals surface area contributed by atoms with E-state index in [1.165, 1.54) is 0 Å². The SMILES string of the molecule is CN1CCC(c2nc(CC(=O)O)no2)C1. The topological polar surface area (TPSA) is 79.5 Å². The second-order valence-corrected chi connectivity index (χ2v) is 3.87. The molecule has 0 aromatic carbocycles. The number of aromatic nitrogens is 2. The van der Waals surface area contributed by atoms with Crippen LogP contribution < -0.4 is 0 Å². The molecule has 0 spiro atoms. The van der Waals surface area contributed by atoms with Gasteiger partial charge in [-0.05, 0) is 20.0 Å². The fraction of sp³-hybridized carbons (Fsp3) is 0.667. The van der Waals surface area contributed by atoms with Crippen LogP contribution in [0.5, 0.6) is 0 Å². The van der Waals surface area contributed by atoms with Crippen molar-refractivity contribution in [3.8, 4) is 0 Å². The zero-order chi connectivity index (χ0) is 10.8. The third-order valence-corrected chi connectivity index (χ3v) is 2.53. The Bertz CT molecular complexity index is 363. The second kappa shape index (κ2) is 3.98. The Morgan fingerprint density at radius 1 is 1.73 bits per heavy atom. The van der Waals surface area contributed by atoms with E-state index in [1.54, 1.807) is 0 Å². The molecule has 0 amide bonds. The van der Waals surface area contributed by atoms with Crippen LogP contribution in [0.15, 0.2) is 4.52 Å². The van der Waals surface area contributed by atoms with Crippen molar-refractivity contribution in [2.45, 2.75) is 18.8 Å². The van der Waals surface area contributed by atoms with Gasteiger partial charge in [0.15, 0.2) is 5.82 Å². The first kappa shape index (κ1) is 10.1. The van der Waals surface area contributed by atoms with E-state index in [9.17, 15) is 4.79 Å². The van der Waals surface area contributed by atoms with Crippen LogP contribution >= 0.6 is 0 Å². The lowest BCUT2D eigenvalue weighted by atomic mass is 10.1. The van der Waals surface area contributed by atoms with E-state index >= 15 is 0 Å². The molecule has 0 bridgehead atoms. The zero-order valence-corrected chi connectivity index (χ0v) is 8.51. The molecule has 0 saturated carbocycles. The van der Waals surface area contributed by atoms with Gasteiger partial charge in [0.25, 0.3) is 0 Å². The van der Waals surface area contributed by atoms with Crippen molar-refractivity contribution in [2.24, 2.45) is 0 Å². The fourth-order valence-corrected chi connectivity index (χ4v) is 1.78. The number of hydrogen-bond acceptors (Lipinski definition) is 5. The van der Waals surface area contributed by atoms with E-state index in [-0.39, 0.29) is 18.2 Å². The molecule has 1 unspecified atom stereocenters. The van der Waals surface area contributed by atoms with Crippen molar-refractivity contribution in [1.82, 2.24) is 15.0 Å². The molecule has 1 aliphatic heterocycles. The van der Waals surface area contributed by atoms with Gasteiger partial charge in [0, 0.05) is 6.54 Å². The number of likely N-dealkylation sites (tertiary alicyclic amines) is 1. The number of carboxylic acid groups (broad SMARTS) is 1. The van der Waals surface area contributed by atoms with Gasteiger partial charge in [-0.25, -0.2) is 0 Å². The monoisotopic (exact) mass is 211 g/mol. The molecule has 1 saturated heterocycles. The summed E-state index contributed by atoms with van der Waals surface area (Å²) in [6, 6.07) is 0. The van der Waals surface area contributed by atoms with E-state index in [0.29, 0.717) is 5.89 Å². The van der Waals surface area contributed by atoms with Gasteiger partial charge in [-0.15, -0.1) is 0 Å². The van der Waals surface area contributed by atoms with Crippen LogP contribution in [0.25, 0.3) is 0 Å². The highest BCUT2D eigenvalue weighted by molar-refractivity contribution is 5.68. The lowest BCUT2D eigenvalue weighted by Gasteiger charge is -2.04. The van der Waals surface area contributed by atoms with Crippen LogP contribution in [0.3, 0.4) is 0 Å². The Balaban J connectivity index is 2.03. The summed E-state index contributed by atoms with van der Waals surface area (Å²) in [6.45, 7) is 1.91. The molecular formula is C9H13N3O3. The first-order valence-electron chi connectivity index (χ1n) is 4.88. The molecule has 6 heteroatoms. The Kier molecular flexibility index (Phi) is 2.68. The highest BCUT2D eigenvalue weighted by Crippen LogP contribution is 2.24. The highest BCUT2D eigenvalue weighted by Gasteiger charge is 2.26. The maximum atomic E-state index is 10.4. The van der Waals surface area contributed by atoms with E-state index in [0.717, 1.165) is 19.5 Å². The Morgan fingerprint density at radius 3 is 3.13 bits per heavy atom. The minimum Gasteiger partial charge on any atom is -0.481 e. The molecule has 1 fully saturated rings. The molecule has 6 nitrogen and oxygen atoms in total. The lowest BCUT2D eigenvalue weighted by molar-refractivity contribution is -0.136. The van der Waals surface area contributed by atoms with Gasteiger partial charge < -0.3 is 14.5 Å². The Labute approximate surface area is 86.9 Å². The average molecular weight is 211 g/mol. The molecule has 2 rings (SSSR count). The number of nitrogens with zero attached hydrogens (tertiary/aromatic N) is 3. The summed E-state index contributed by atoms with van der Waals surface area (Å²) < 4.78 is 5.05. The van der Waals surface area contributed by atoms with Crippen LogP contribution in [0.1, 0.15) is 24.1 Å². The summed E-state index contributed by atoms with van der Waals surface area (Å²) in [5.74, 6) is 0.138. The maximum absolute atomic E-state index is 10.4. The first-order valence-corrected chi connectivity index (χ1v) is 4.88. The predicted molar refractivity (Wildman–Crippen MR) is 50.5 cm³/mol. The average Bonchev–Trinajstić information content (AvgIpc) is 2.72.